The molecule has 0 bridgehead atoms. The van der Waals surface area contributed by atoms with Gasteiger partial charge in [-0.1, -0.05) is 0 Å². The van der Waals surface area contributed by atoms with Crippen molar-refractivity contribution in [3.05, 3.63) is 29.6 Å². The minimum atomic E-state index is -0.406. The Kier molecular flexibility index (Phi) is 3.83. The highest BCUT2D eigenvalue weighted by Crippen LogP contribution is 2.23. The summed E-state index contributed by atoms with van der Waals surface area (Å²) in [6.07, 6.45) is 0. The summed E-state index contributed by atoms with van der Waals surface area (Å²) >= 11 is 0. The fourth-order valence-electron chi connectivity index (χ4n) is 2.33. The van der Waals surface area contributed by atoms with Crippen LogP contribution < -0.4 is 4.90 Å². The Labute approximate surface area is 111 Å². The molecule has 0 aromatic heterocycles. The maximum absolute atomic E-state index is 13.2. The molecule has 0 saturated carbocycles. The lowest BCUT2D eigenvalue weighted by Crippen LogP contribution is -2.48. The molecule has 2 rings (SSSR count). The molecule has 0 atom stereocenters. The van der Waals surface area contributed by atoms with E-state index < -0.39 is 5.82 Å². The summed E-state index contributed by atoms with van der Waals surface area (Å²) in [7, 11) is 0. The van der Waals surface area contributed by atoms with Gasteiger partial charge in [0.1, 0.15) is 5.82 Å². The standard InChI is InChI=1S/C14H17FN2O2/c1-10(18)13-9-12(15)3-4-14(13)17-7-5-16(6-8-17)11(2)19/h3-4,9H,5-8H2,1-2H3. The molecule has 1 fully saturated rings. The van der Waals surface area contributed by atoms with E-state index in [1.165, 1.54) is 19.1 Å². The maximum atomic E-state index is 13.2. The zero-order chi connectivity index (χ0) is 14.0. The second-order valence-electron chi connectivity index (χ2n) is 4.71. The first-order valence-electron chi connectivity index (χ1n) is 6.30. The van der Waals surface area contributed by atoms with Crippen molar-refractivity contribution in [2.24, 2.45) is 0 Å². The number of amides is 1. The molecular weight excluding hydrogens is 247 g/mol. The van der Waals surface area contributed by atoms with Gasteiger partial charge in [0.25, 0.3) is 0 Å². The van der Waals surface area contributed by atoms with Crippen molar-refractivity contribution in [3.63, 3.8) is 0 Å². The van der Waals surface area contributed by atoms with Gasteiger partial charge in [-0.05, 0) is 25.1 Å². The fourth-order valence-corrected chi connectivity index (χ4v) is 2.33. The van der Waals surface area contributed by atoms with Crippen LogP contribution >= 0.6 is 0 Å². The van der Waals surface area contributed by atoms with Crippen LogP contribution in [0.1, 0.15) is 24.2 Å². The number of nitrogens with zero attached hydrogens (tertiary/aromatic N) is 2. The summed E-state index contributed by atoms with van der Waals surface area (Å²) in [5, 5.41) is 0. The molecule has 19 heavy (non-hydrogen) atoms. The highest BCUT2D eigenvalue weighted by atomic mass is 19.1. The molecule has 0 N–H and O–H groups in total. The van der Waals surface area contributed by atoms with Crippen LogP contribution in [-0.2, 0) is 4.79 Å². The van der Waals surface area contributed by atoms with Crippen molar-refractivity contribution in [1.29, 1.82) is 0 Å². The van der Waals surface area contributed by atoms with E-state index in [0.29, 0.717) is 31.7 Å². The van der Waals surface area contributed by atoms with Gasteiger partial charge in [0.05, 0.1) is 0 Å². The van der Waals surface area contributed by atoms with Gasteiger partial charge in [-0.2, -0.15) is 0 Å². The van der Waals surface area contributed by atoms with E-state index in [-0.39, 0.29) is 11.7 Å². The Morgan fingerprint density at radius 3 is 2.26 bits per heavy atom. The average Bonchev–Trinajstić information content (AvgIpc) is 2.38. The number of hydrogen-bond donors (Lipinski definition) is 0. The molecule has 0 aliphatic carbocycles. The zero-order valence-corrected chi connectivity index (χ0v) is 11.1. The Bertz CT molecular complexity index is 508. The van der Waals surface area contributed by atoms with E-state index in [1.54, 1.807) is 17.9 Å². The minimum absolute atomic E-state index is 0.0607. The number of piperazine rings is 1. The first kappa shape index (κ1) is 13.5. The zero-order valence-electron chi connectivity index (χ0n) is 11.1. The van der Waals surface area contributed by atoms with E-state index in [1.807, 2.05) is 4.90 Å². The monoisotopic (exact) mass is 264 g/mol. The lowest BCUT2D eigenvalue weighted by Gasteiger charge is -2.36. The van der Waals surface area contributed by atoms with Gasteiger partial charge in [-0.25, -0.2) is 4.39 Å². The van der Waals surface area contributed by atoms with Crippen molar-refractivity contribution in [2.45, 2.75) is 13.8 Å². The second-order valence-corrected chi connectivity index (χ2v) is 4.71. The molecule has 5 heteroatoms. The summed E-state index contributed by atoms with van der Waals surface area (Å²) in [4.78, 5) is 26.6. The van der Waals surface area contributed by atoms with Gasteiger partial charge < -0.3 is 9.80 Å². The highest BCUT2D eigenvalue weighted by Gasteiger charge is 2.21. The van der Waals surface area contributed by atoms with Gasteiger partial charge in [0.2, 0.25) is 5.91 Å². The molecule has 1 aromatic rings. The molecule has 1 heterocycles. The fraction of sp³-hybridized carbons (Fsp3) is 0.429. The van der Waals surface area contributed by atoms with Gasteiger partial charge in [0.15, 0.2) is 5.78 Å². The number of hydrogen-bond acceptors (Lipinski definition) is 3. The van der Waals surface area contributed by atoms with Crippen LogP contribution in [0.15, 0.2) is 18.2 Å². The number of Topliss-reactive ketones (excluding diaryl/α,β-unsaturated/α-hetero) is 1. The predicted molar refractivity (Wildman–Crippen MR) is 70.9 cm³/mol. The number of anilines is 1. The van der Waals surface area contributed by atoms with Crippen molar-refractivity contribution in [2.75, 3.05) is 31.1 Å². The van der Waals surface area contributed by atoms with Gasteiger partial charge in [0, 0.05) is 44.4 Å². The Hall–Kier alpha value is -1.91. The summed E-state index contributed by atoms with van der Waals surface area (Å²) in [6.45, 7) is 5.56. The number of halogens is 1. The molecular formula is C14H17FN2O2. The summed E-state index contributed by atoms with van der Waals surface area (Å²) in [5.74, 6) is -0.495. The quantitative estimate of drug-likeness (QED) is 0.763. The Morgan fingerprint density at radius 1 is 1.11 bits per heavy atom. The summed E-state index contributed by atoms with van der Waals surface area (Å²) in [5.41, 5.74) is 1.15. The molecule has 4 nitrogen and oxygen atoms in total. The highest BCUT2D eigenvalue weighted by molar-refractivity contribution is 5.99. The van der Waals surface area contributed by atoms with E-state index in [2.05, 4.69) is 0 Å². The van der Waals surface area contributed by atoms with Crippen LogP contribution in [-0.4, -0.2) is 42.8 Å². The first-order chi connectivity index (χ1) is 8.99. The largest absolute Gasteiger partial charge is 0.367 e. The Balaban J connectivity index is 2.20. The first-order valence-corrected chi connectivity index (χ1v) is 6.30. The van der Waals surface area contributed by atoms with Gasteiger partial charge in [-0.3, -0.25) is 9.59 Å². The molecule has 1 aromatic carbocycles. The predicted octanol–water partition coefficient (Wildman–Crippen LogP) is 1.70. The maximum Gasteiger partial charge on any atom is 0.219 e. The smallest absolute Gasteiger partial charge is 0.219 e. The molecule has 102 valence electrons. The van der Waals surface area contributed by atoms with Crippen LogP contribution in [0.5, 0.6) is 0 Å². The van der Waals surface area contributed by atoms with Crippen LogP contribution in [0.3, 0.4) is 0 Å². The topological polar surface area (TPSA) is 40.6 Å². The molecule has 0 unspecified atom stereocenters. The van der Waals surface area contributed by atoms with E-state index in [4.69, 9.17) is 0 Å². The summed E-state index contributed by atoms with van der Waals surface area (Å²) in [6, 6.07) is 4.27. The normalized spacial score (nSPS) is 15.5. The number of carbonyl (C=O) groups is 2. The molecule has 0 radical (unpaired) electrons. The second kappa shape index (κ2) is 5.38. The van der Waals surface area contributed by atoms with Crippen molar-refractivity contribution < 1.29 is 14.0 Å². The minimum Gasteiger partial charge on any atom is -0.367 e. The molecule has 0 spiro atoms. The van der Waals surface area contributed by atoms with Crippen molar-refractivity contribution in [3.8, 4) is 0 Å². The lowest BCUT2D eigenvalue weighted by molar-refractivity contribution is -0.129. The van der Waals surface area contributed by atoms with E-state index in [0.717, 1.165) is 5.69 Å². The number of benzene rings is 1. The third-order valence-corrected chi connectivity index (χ3v) is 3.40. The molecule has 1 aliphatic heterocycles. The SMILES string of the molecule is CC(=O)c1cc(F)ccc1N1CCN(C(C)=O)CC1. The third kappa shape index (κ3) is 2.92. The van der Waals surface area contributed by atoms with Crippen LogP contribution in [0.2, 0.25) is 0 Å². The number of rotatable bonds is 2. The van der Waals surface area contributed by atoms with E-state index >= 15 is 0 Å². The number of carbonyl (C=O) groups excluding carboxylic acids is 2. The van der Waals surface area contributed by atoms with Crippen molar-refractivity contribution in [1.82, 2.24) is 4.90 Å². The summed E-state index contributed by atoms with van der Waals surface area (Å²) < 4.78 is 13.2. The number of ketones is 1. The van der Waals surface area contributed by atoms with Crippen LogP contribution in [0, 0.1) is 5.82 Å². The molecule has 1 amide bonds. The van der Waals surface area contributed by atoms with Gasteiger partial charge in [-0.15, -0.1) is 0 Å². The van der Waals surface area contributed by atoms with E-state index in [9.17, 15) is 14.0 Å². The average molecular weight is 264 g/mol. The lowest BCUT2D eigenvalue weighted by atomic mass is 10.1. The Morgan fingerprint density at radius 2 is 1.74 bits per heavy atom. The van der Waals surface area contributed by atoms with Crippen molar-refractivity contribution >= 4 is 17.4 Å². The molecule has 1 saturated heterocycles. The molecule has 1 aliphatic rings. The van der Waals surface area contributed by atoms with Crippen LogP contribution in [0.25, 0.3) is 0 Å². The third-order valence-electron chi connectivity index (χ3n) is 3.40. The van der Waals surface area contributed by atoms with Crippen LogP contribution in [0.4, 0.5) is 10.1 Å². The van der Waals surface area contributed by atoms with Gasteiger partial charge >= 0.3 is 0 Å².